The fourth-order valence-electron chi connectivity index (χ4n) is 1.94. The number of benzene rings is 1. The van der Waals surface area contributed by atoms with Crippen LogP contribution in [0.4, 0.5) is 0 Å². The van der Waals surface area contributed by atoms with E-state index in [9.17, 15) is 0 Å². The van der Waals surface area contributed by atoms with E-state index >= 15 is 0 Å². The molecule has 1 aromatic rings. The van der Waals surface area contributed by atoms with E-state index in [4.69, 9.17) is 5.84 Å². The average molecular weight is 176 g/mol. The van der Waals surface area contributed by atoms with Gasteiger partial charge in [0.25, 0.3) is 0 Å². The van der Waals surface area contributed by atoms with Crippen LogP contribution in [0.3, 0.4) is 0 Å². The summed E-state index contributed by atoms with van der Waals surface area (Å²) in [6.07, 6.45) is 3.98. The van der Waals surface area contributed by atoms with Gasteiger partial charge in [0.1, 0.15) is 0 Å². The topological polar surface area (TPSA) is 38.0 Å². The summed E-state index contributed by atoms with van der Waals surface area (Å²) in [6, 6.07) is 10.8. The van der Waals surface area contributed by atoms with Gasteiger partial charge < -0.3 is 0 Å². The van der Waals surface area contributed by atoms with E-state index in [1.165, 1.54) is 24.8 Å². The van der Waals surface area contributed by atoms with Gasteiger partial charge in [0, 0.05) is 6.04 Å². The molecule has 0 amide bonds. The molecule has 70 valence electrons. The fraction of sp³-hybridized carbons (Fsp3) is 0.455. The van der Waals surface area contributed by atoms with Gasteiger partial charge in [0.2, 0.25) is 0 Å². The van der Waals surface area contributed by atoms with Crippen molar-refractivity contribution in [1.82, 2.24) is 5.43 Å². The van der Waals surface area contributed by atoms with Gasteiger partial charge in [0.15, 0.2) is 0 Å². The van der Waals surface area contributed by atoms with Gasteiger partial charge in [-0.1, -0.05) is 36.8 Å². The van der Waals surface area contributed by atoms with E-state index in [2.05, 4.69) is 29.7 Å². The molecule has 1 aliphatic rings. The smallest absolute Gasteiger partial charge is 0.0488 e. The molecule has 0 bridgehead atoms. The van der Waals surface area contributed by atoms with Gasteiger partial charge in [-0.2, -0.15) is 0 Å². The van der Waals surface area contributed by atoms with E-state index in [1.807, 2.05) is 6.07 Å². The zero-order valence-electron chi connectivity index (χ0n) is 7.74. The average Bonchev–Trinajstić information content (AvgIpc) is 2.12. The van der Waals surface area contributed by atoms with Gasteiger partial charge in [-0.05, 0) is 24.3 Å². The lowest BCUT2D eigenvalue weighted by Crippen LogP contribution is -2.36. The lowest BCUT2D eigenvalue weighted by molar-refractivity contribution is 0.232. The van der Waals surface area contributed by atoms with Crippen molar-refractivity contribution in [3.63, 3.8) is 0 Å². The lowest BCUT2D eigenvalue weighted by atomic mass is 9.77. The van der Waals surface area contributed by atoms with Gasteiger partial charge in [-0.25, -0.2) is 0 Å². The number of nitrogens with two attached hydrogens (primary N) is 1. The second-order valence-electron chi connectivity index (χ2n) is 3.75. The molecule has 0 radical (unpaired) electrons. The number of nitrogens with one attached hydrogen (secondary N) is 1. The Morgan fingerprint density at radius 2 is 1.92 bits per heavy atom. The zero-order chi connectivity index (χ0) is 9.10. The maximum atomic E-state index is 5.57. The van der Waals surface area contributed by atoms with E-state index in [0.29, 0.717) is 6.04 Å². The minimum Gasteiger partial charge on any atom is -0.271 e. The number of hydrogen-bond donors (Lipinski definition) is 2. The molecule has 3 N–H and O–H groups in total. The van der Waals surface area contributed by atoms with E-state index in [1.54, 1.807) is 0 Å². The van der Waals surface area contributed by atoms with Crippen molar-refractivity contribution in [3.8, 4) is 0 Å². The van der Waals surface area contributed by atoms with Crippen LogP contribution in [0.15, 0.2) is 30.3 Å². The summed E-state index contributed by atoms with van der Waals surface area (Å²) in [7, 11) is 0. The monoisotopic (exact) mass is 176 g/mol. The van der Waals surface area contributed by atoms with E-state index in [-0.39, 0.29) is 0 Å². The first-order valence-electron chi connectivity index (χ1n) is 4.93. The quantitative estimate of drug-likeness (QED) is 0.546. The second-order valence-corrected chi connectivity index (χ2v) is 3.75. The fourth-order valence-corrected chi connectivity index (χ4v) is 1.94. The highest BCUT2D eigenvalue weighted by Crippen LogP contribution is 2.36. The summed E-state index contributed by atoms with van der Waals surface area (Å²) in [6.45, 7) is 0. The lowest BCUT2D eigenvalue weighted by Gasteiger charge is -2.33. The number of hydrogen-bond acceptors (Lipinski definition) is 2. The molecule has 2 rings (SSSR count). The third-order valence-electron chi connectivity index (χ3n) is 2.96. The summed E-state index contributed by atoms with van der Waals surface area (Å²) < 4.78 is 0. The van der Waals surface area contributed by atoms with Crippen molar-refractivity contribution >= 4 is 0 Å². The number of rotatable bonds is 3. The highest BCUT2D eigenvalue weighted by molar-refractivity contribution is 5.20. The molecule has 13 heavy (non-hydrogen) atoms. The molecule has 0 aliphatic heterocycles. The molecular formula is C11H16N2. The Morgan fingerprint density at radius 3 is 2.38 bits per heavy atom. The second kappa shape index (κ2) is 3.90. The first kappa shape index (κ1) is 8.73. The molecule has 0 aromatic heterocycles. The summed E-state index contributed by atoms with van der Waals surface area (Å²) in [5.74, 6) is 6.31. The van der Waals surface area contributed by atoms with Crippen molar-refractivity contribution in [2.45, 2.75) is 25.3 Å². The van der Waals surface area contributed by atoms with Crippen LogP contribution in [0, 0.1) is 5.92 Å². The Morgan fingerprint density at radius 1 is 1.23 bits per heavy atom. The molecule has 1 aliphatic carbocycles. The molecule has 2 nitrogen and oxygen atoms in total. The van der Waals surface area contributed by atoms with Crippen LogP contribution in [0.2, 0.25) is 0 Å². The predicted octanol–water partition coefficient (Wildman–Crippen LogP) is 1.99. The van der Waals surface area contributed by atoms with Crippen LogP contribution in [0.25, 0.3) is 0 Å². The van der Waals surface area contributed by atoms with Gasteiger partial charge in [-0.3, -0.25) is 11.3 Å². The minimum atomic E-state index is 0.356. The largest absolute Gasteiger partial charge is 0.271 e. The van der Waals surface area contributed by atoms with Crippen molar-refractivity contribution < 1.29 is 0 Å². The predicted molar refractivity (Wildman–Crippen MR) is 53.8 cm³/mol. The van der Waals surface area contributed by atoms with Crippen molar-refractivity contribution in [1.29, 1.82) is 0 Å². The Balaban J connectivity index is 2.12. The van der Waals surface area contributed by atoms with Gasteiger partial charge in [0.05, 0.1) is 0 Å². The normalized spacial score (nSPS) is 19.5. The summed E-state index contributed by atoms with van der Waals surface area (Å²) in [4.78, 5) is 0. The van der Waals surface area contributed by atoms with Crippen LogP contribution in [0.1, 0.15) is 30.9 Å². The van der Waals surface area contributed by atoms with Crippen LogP contribution in [-0.4, -0.2) is 0 Å². The highest BCUT2D eigenvalue weighted by Gasteiger charge is 2.27. The zero-order valence-corrected chi connectivity index (χ0v) is 7.74. The molecular weight excluding hydrogens is 160 g/mol. The molecule has 1 unspecified atom stereocenters. The maximum Gasteiger partial charge on any atom is 0.0488 e. The highest BCUT2D eigenvalue weighted by atomic mass is 15.2. The minimum absolute atomic E-state index is 0.356. The van der Waals surface area contributed by atoms with Crippen molar-refractivity contribution in [2.24, 2.45) is 11.8 Å². The summed E-state index contributed by atoms with van der Waals surface area (Å²) in [5.41, 5.74) is 4.23. The van der Waals surface area contributed by atoms with E-state index in [0.717, 1.165) is 5.92 Å². The standard InChI is InChI=1S/C11H16N2/c12-13-11(10-7-4-8-10)9-5-2-1-3-6-9/h1-3,5-6,10-11,13H,4,7-8,12H2. The molecule has 0 heterocycles. The summed E-state index contributed by atoms with van der Waals surface area (Å²) in [5, 5.41) is 0. The van der Waals surface area contributed by atoms with Gasteiger partial charge in [-0.15, -0.1) is 0 Å². The molecule has 0 spiro atoms. The van der Waals surface area contributed by atoms with Crippen molar-refractivity contribution in [3.05, 3.63) is 35.9 Å². The van der Waals surface area contributed by atoms with Crippen molar-refractivity contribution in [2.75, 3.05) is 0 Å². The SMILES string of the molecule is NNC(c1ccccc1)C1CCC1. The third-order valence-corrected chi connectivity index (χ3v) is 2.96. The Hall–Kier alpha value is -0.860. The molecule has 1 fully saturated rings. The first-order chi connectivity index (χ1) is 6.42. The van der Waals surface area contributed by atoms with Crippen LogP contribution in [-0.2, 0) is 0 Å². The number of hydrazine groups is 1. The molecule has 1 aromatic carbocycles. The Labute approximate surface area is 79.1 Å². The Kier molecular flexibility index (Phi) is 2.62. The Bertz CT molecular complexity index is 254. The third kappa shape index (κ3) is 1.74. The maximum absolute atomic E-state index is 5.57. The molecule has 1 atom stereocenters. The van der Waals surface area contributed by atoms with Crippen LogP contribution >= 0.6 is 0 Å². The van der Waals surface area contributed by atoms with Gasteiger partial charge >= 0.3 is 0 Å². The van der Waals surface area contributed by atoms with Crippen LogP contribution < -0.4 is 11.3 Å². The summed E-state index contributed by atoms with van der Waals surface area (Å²) >= 11 is 0. The molecule has 0 saturated heterocycles. The molecule has 2 heteroatoms. The first-order valence-corrected chi connectivity index (χ1v) is 4.93. The van der Waals surface area contributed by atoms with E-state index < -0.39 is 0 Å². The molecule has 1 saturated carbocycles. The van der Waals surface area contributed by atoms with Crippen LogP contribution in [0.5, 0.6) is 0 Å².